The van der Waals surface area contributed by atoms with Crippen molar-refractivity contribution in [3.63, 3.8) is 0 Å². The first-order valence-corrected chi connectivity index (χ1v) is 4.72. The summed E-state index contributed by atoms with van der Waals surface area (Å²) < 4.78 is 0. The Kier molecular flexibility index (Phi) is 3.86. The molecule has 72 valence electrons. The molecule has 0 fully saturated rings. The Morgan fingerprint density at radius 1 is 1.54 bits per heavy atom. The van der Waals surface area contributed by atoms with Crippen LogP contribution in [0.3, 0.4) is 0 Å². The lowest BCUT2D eigenvalue weighted by atomic mass is 10.00. The zero-order chi connectivity index (χ0) is 9.68. The van der Waals surface area contributed by atoms with Crippen LogP contribution in [-0.2, 0) is 6.42 Å². The first-order valence-electron chi connectivity index (χ1n) is 4.72. The summed E-state index contributed by atoms with van der Waals surface area (Å²) in [5.41, 5.74) is 5.35. The van der Waals surface area contributed by atoms with Crippen molar-refractivity contribution in [1.29, 1.82) is 0 Å². The number of hydrogen-bond acceptors (Lipinski definition) is 3. The molecule has 3 heteroatoms. The number of nitrogens with two attached hydrogens (primary N) is 1. The zero-order valence-corrected chi connectivity index (χ0v) is 8.25. The van der Waals surface area contributed by atoms with Gasteiger partial charge in [-0.25, -0.2) is 0 Å². The summed E-state index contributed by atoms with van der Waals surface area (Å²) in [7, 11) is 0. The Morgan fingerprint density at radius 3 is 2.85 bits per heavy atom. The quantitative estimate of drug-likeness (QED) is 0.544. The second-order valence-corrected chi connectivity index (χ2v) is 3.06. The zero-order valence-electron chi connectivity index (χ0n) is 8.25. The molecule has 1 aromatic heterocycles. The van der Waals surface area contributed by atoms with E-state index in [0.717, 1.165) is 12.8 Å². The molecule has 0 aliphatic rings. The molecule has 3 N–H and O–H groups in total. The van der Waals surface area contributed by atoms with Gasteiger partial charge in [-0.05, 0) is 30.0 Å². The molecule has 0 aliphatic heterocycles. The van der Waals surface area contributed by atoms with Crippen molar-refractivity contribution in [2.75, 3.05) is 0 Å². The summed E-state index contributed by atoms with van der Waals surface area (Å²) in [4.78, 5) is 4.10. The molecular formula is C10H17N3. The molecule has 1 aromatic rings. The molecule has 0 aliphatic carbocycles. The summed E-state index contributed by atoms with van der Waals surface area (Å²) in [5, 5.41) is 0. The molecule has 0 saturated heterocycles. The maximum absolute atomic E-state index is 5.47. The van der Waals surface area contributed by atoms with Gasteiger partial charge in [0.2, 0.25) is 0 Å². The maximum atomic E-state index is 5.47. The number of aromatic nitrogens is 1. The summed E-state index contributed by atoms with van der Waals surface area (Å²) in [5.74, 6) is 5.47. The first-order chi connectivity index (χ1) is 6.33. The summed E-state index contributed by atoms with van der Waals surface area (Å²) >= 11 is 0. The number of aryl methyl sites for hydroxylation is 1. The Hall–Kier alpha value is -0.930. The highest BCUT2D eigenvalue weighted by Crippen LogP contribution is 2.19. The smallest absolute Gasteiger partial charge is 0.0461 e. The van der Waals surface area contributed by atoms with E-state index < -0.39 is 0 Å². The van der Waals surface area contributed by atoms with E-state index in [1.54, 1.807) is 0 Å². The van der Waals surface area contributed by atoms with Crippen LogP contribution in [0.4, 0.5) is 0 Å². The van der Waals surface area contributed by atoms with Crippen molar-refractivity contribution < 1.29 is 0 Å². The minimum atomic E-state index is 0.248. The number of rotatable bonds is 4. The molecule has 1 heterocycles. The first kappa shape index (κ1) is 10.2. The highest BCUT2D eigenvalue weighted by Gasteiger charge is 2.09. The van der Waals surface area contributed by atoms with Gasteiger partial charge in [0.05, 0.1) is 0 Å². The van der Waals surface area contributed by atoms with Crippen LogP contribution in [0.25, 0.3) is 0 Å². The Balaban J connectivity index is 2.96. The number of nitrogens with zero attached hydrogens (tertiary/aromatic N) is 1. The minimum absolute atomic E-state index is 0.248. The molecule has 0 saturated carbocycles. The average Bonchev–Trinajstić information content (AvgIpc) is 2.20. The van der Waals surface area contributed by atoms with Crippen molar-refractivity contribution in [1.82, 2.24) is 10.4 Å². The van der Waals surface area contributed by atoms with E-state index in [2.05, 4.69) is 24.3 Å². The fourth-order valence-corrected chi connectivity index (χ4v) is 1.50. The minimum Gasteiger partial charge on any atom is -0.271 e. The van der Waals surface area contributed by atoms with E-state index >= 15 is 0 Å². The lowest BCUT2D eigenvalue weighted by molar-refractivity contribution is 0.534. The second kappa shape index (κ2) is 4.94. The van der Waals surface area contributed by atoms with Gasteiger partial charge in [-0.1, -0.05) is 13.8 Å². The third-order valence-corrected chi connectivity index (χ3v) is 2.31. The van der Waals surface area contributed by atoms with Crippen LogP contribution >= 0.6 is 0 Å². The average molecular weight is 179 g/mol. The predicted molar refractivity (Wildman–Crippen MR) is 54.0 cm³/mol. The van der Waals surface area contributed by atoms with Gasteiger partial charge in [-0.15, -0.1) is 0 Å². The van der Waals surface area contributed by atoms with Gasteiger partial charge in [-0.2, -0.15) is 0 Å². The highest BCUT2D eigenvalue weighted by atomic mass is 15.2. The van der Waals surface area contributed by atoms with Crippen molar-refractivity contribution in [2.24, 2.45) is 5.84 Å². The van der Waals surface area contributed by atoms with E-state index in [1.165, 1.54) is 11.1 Å². The van der Waals surface area contributed by atoms with Crippen LogP contribution in [0.2, 0.25) is 0 Å². The topological polar surface area (TPSA) is 50.9 Å². The monoisotopic (exact) mass is 179 g/mol. The van der Waals surface area contributed by atoms with Crippen LogP contribution in [0.1, 0.15) is 37.4 Å². The van der Waals surface area contributed by atoms with Crippen molar-refractivity contribution >= 4 is 0 Å². The van der Waals surface area contributed by atoms with Gasteiger partial charge >= 0.3 is 0 Å². The van der Waals surface area contributed by atoms with Crippen molar-refractivity contribution in [3.05, 3.63) is 29.6 Å². The third kappa shape index (κ3) is 2.26. The Labute approximate surface area is 79.3 Å². The lowest BCUT2D eigenvalue weighted by Gasteiger charge is -2.16. The number of pyridine rings is 1. The standard InChI is InChI=1S/C10H17N3/c1-3-8-7-12-6-5-9(8)10(4-2)13-11/h5-7,10,13H,3-4,11H2,1-2H3. The molecule has 0 amide bonds. The van der Waals surface area contributed by atoms with E-state index in [9.17, 15) is 0 Å². The molecule has 1 rings (SSSR count). The van der Waals surface area contributed by atoms with Gasteiger partial charge < -0.3 is 0 Å². The van der Waals surface area contributed by atoms with Gasteiger partial charge in [0.25, 0.3) is 0 Å². The molecule has 3 nitrogen and oxygen atoms in total. The molecule has 1 atom stereocenters. The van der Waals surface area contributed by atoms with Crippen LogP contribution in [-0.4, -0.2) is 4.98 Å². The molecule has 0 aromatic carbocycles. The second-order valence-electron chi connectivity index (χ2n) is 3.06. The highest BCUT2D eigenvalue weighted by molar-refractivity contribution is 5.26. The Morgan fingerprint density at radius 2 is 2.31 bits per heavy atom. The van der Waals surface area contributed by atoms with Gasteiger partial charge in [0.1, 0.15) is 0 Å². The van der Waals surface area contributed by atoms with E-state index in [-0.39, 0.29) is 6.04 Å². The predicted octanol–water partition coefficient (Wildman–Crippen LogP) is 1.56. The number of hydrazine groups is 1. The number of hydrogen-bond donors (Lipinski definition) is 2. The summed E-state index contributed by atoms with van der Waals surface area (Å²) in [6.07, 6.45) is 5.72. The summed E-state index contributed by atoms with van der Waals surface area (Å²) in [6.45, 7) is 4.24. The van der Waals surface area contributed by atoms with Gasteiger partial charge in [-0.3, -0.25) is 16.3 Å². The third-order valence-electron chi connectivity index (χ3n) is 2.31. The fraction of sp³-hybridized carbons (Fsp3) is 0.500. The SMILES string of the molecule is CCc1cnccc1C(CC)NN. The van der Waals surface area contributed by atoms with Crippen molar-refractivity contribution in [3.8, 4) is 0 Å². The fourth-order valence-electron chi connectivity index (χ4n) is 1.50. The molecule has 13 heavy (non-hydrogen) atoms. The molecule has 1 unspecified atom stereocenters. The van der Waals surface area contributed by atoms with Gasteiger partial charge in [0, 0.05) is 18.4 Å². The van der Waals surface area contributed by atoms with Crippen LogP contribution in [0, 0.1) is 0 Å². The van der Waals surface area contributed by atoms with Crippen LogP contribution in [0.15, 0.2) is 18.5 Å². The van der Waals surface area contributed by atoms with Crippen LogP contribution < -0.4 is 11.3 Å². The van der Waals surface area contributed by atoms with E-state index in [0.29, 0.717) is 0 Å². The maximum Gasteiger partial charge on any atom is 0.0461 e. The van der Waals surface area contributed by atoms with Crippen LogP contribution in [0.5, 0.6) is 0 Å². The normalized spacial score (nSPS) is 12.8. The van der Waals surface area contributed by atoms with E-state index in [1.807, 2.05) is 18.5 Å². The summed E-state index contributed by atoms with van der Waals surface area (Å²) in [6, 6.07) is 2.28. The van der Waals surface area contributed by atoms with Gasteiger partial charge in [0.15, 0.2) is 0 Å². The van der Waals surface area contributed by atoms with E-state index in [4.69, 9.17) is 5.84 Å². The molecule has 0 radical (unpaired) electrons. The molecule has 0 bridgehead atoms. The Bertz CT molecular complexity index is 256. The largest absolute Gasteiger partial charge is 0.271 e. The molecule has 0 spiro atoms. The van der Waals surface area contributed by atoms with Crippen molar-refractivity contribution in [2.45, 2.75) is 32.7 Å². The lowest BCUT2D eigenvalue weighted by Crippen LogP contribution is -2.28. The molecular weight excluding hydrogens is 162 g/mol. The number of nitrogens with one attached hydrogen (secondary N) is 1.